The van der Waals surface area contributed by atoms with E-state index in [2.05, 4.69) is 10.3 Å². The van der Waals surface area contributed by atoms with Gasteiger partial charge in [0.15, 0.2) is 5.82 Å². The summed E-state index contributed by atoms with van der Waals surface area (Å²) in [4.78, 5) is 3.85. The van der Waals surface area contributed by atoms with Crippen molar-refractivity contribution in [2.45, 2.75) is 12.8 Å². The van der Waals surface area contributed by atoms with Gasteiger partial charge >= 0.3 is 0 Å². The molecule has 1 aliphatic rings. The van der Waals surface area contributed by atoms with Crippen molar-refractivity contribution in [3.63, 3.8) is 0 Å². The molecule has 0 bridgehead atoms. The number of nitrogens with zero attached hydrogens (tertiary/aromatic N) is 1. The SMILES string of the molecule is Fc1cccnc1OCC1CCNCC1. The number of rotatable bonds is 3. The van der Waals surface area contributed by atoms with E-state index in [1.54, 1.807) is 12.3 Å². The first-order valence-electron chi connectivity index (χ1n) is 5.30. The predicted octanol–water partition coefficient (Wildman–Crippen LogP) is 1.60. The molecule has 0 radical (unpaired) electrons. The summed E-state index contributed by atoms with van der Waals surface area (Å²) in [7, 11) is 0. The van der Waals surface area contributed by atoms with Gasteiger partial charge in [-0.3, -0.25) is 0 Å². The molecule has 0 aliphatic carbocycles. The zero-order chi connectivity index (χ0) is 10.5. The fraction of sp³-hybridized carbons (Fsp3) is 0.545. The number of hydrogen-bond donors (Lipinski definition) is 1. The first-order valence-corrected chi connectivity index (χ1v) is 5.30. The fourth-order valence-corrected chi connectivity index (χ4v) is 1.72. The maximum atomic E-state index is 13.1. The van der Waals surface area contributed by atoms with Gasteiger partial charge < -0.3 is 10.1 Å². The summed E-state index contributed by atoms with van der Waals surface area (Å²) < 4.78 is 18.5. The predicted molar refractivity (Wildman–Crippen MR) is 55.3 cm³/mol. The van der Waals surface area contributed by atoms with Gasteiger partial charge in [0.2, 0.25) is 5.88 Å². The molecule has 82 valence electrons. The Morgan fingerprint density at radius 1 is 1.47 bits per heavy atom. The zero-order valence-electron chi connectivity index (χ0n) is 8.58. The molecule has 0 unspecified atom stereocenters. The van der Waals surface area contributed by atoms with Crippen LogP contribution in [-0.2, 0) is 0 Å². The summed E-state index contributed by atoms with van der Waals surface area (Å²) >= 11 is 0. The van der Waals surface area contributed by atoms with E-state index < -0.39 is 0 Å². The lowest BCUT2D eigenvalue weighted by atomic mass is 9.99. The molecule has 1 aliphatic heterocycles. The van der Waals surface area contributed by atoms with E-state index in [1.807, 2.05) is 0 Å². The third kappa shape index (κ3) is 2.89. The number of halogens is 1. The van der Waals surface area contributed by atoms with E-state index in [-0.39, 0.29) is 11.7 Å². The number of pyridine rings is 1. The molecule has 2 rings (SSSR count). The van der Waals surface area contributed by atoms with Gasteiger partial charge in [0.25, 0.3) is 0 Å². The summed E-state index contributed by atoms with van der Waals surface area (Å²) in [5.74, 6) is 0.259. The van der Waals surface area contributed by atoms with Crippen LogP contribution in [0.15, 0.2) is 18.3 Å². The number of aromatic nitrogens is 1. The first kappa shape index (κ1) is 10.4. The average molecular weight is 210 g/mol. The molecule has 0 atom stereocenters. The molecule has 1 saturated heterocycles. The van der Waals surface area contributed by atoms with E-state index >= 15 is 0 Å². The molecule has 3 nitrogen and oxygen atoms in total. The summed E-state index contributed by atoms with van der Waals surface area (Å²) in [5, 5.41) is 3.28. The highest BCUT2D eigenvalue weighted by molar-refractivity contribution is 5.12. The maximum absolute atomic E-state index is 13.1. The van der Waals surface area contributed by atoms with Crippen LogP contribution in [0.4, 0.5) is 4.39 Å². The zero-order valence-corrected chi connectivity index (χ0v) is 8.58. The number of nitrogens with one attached hydrogen (secondary N) is 1. The Kier molecular flexibility index (Phi) is 3.50. The van der Waals surface area contributed by atoms with Crippen molar-refractivity contribution in [1.29, 1.82) is 0 Å². The van der Waals surface area contributed by atoms with Crippen molar-refractivity contribution in [1.82, 2.24) is 10.3 Å². The monoisotopic (exact) mass is 210 g/mol. The summed E-state index contributed by atoms with van der Waals surface area (Å²) in [6, 6.07) is 2.93. The van der Waals surface area contributed by atoms with Gasteiger partial charge in [-0.15, -0.1) is 0 Å². The standard InChI is InChI=1S/C11H15FN2O/c12-10-2-1-5-14-11(10)15-8-9-3-6-13-7-4-9/h1-2,5,9,13H,3-4,6-8H2. The van der Waals surface area contributed by atoms with Crippen molar-refractivity contribution >= 4 is 0 Å². The van der Waals surface area contributed by atoms with E-state index in [0.29, 0.717) is 12.5 Å². The van der Waals surface area contributed by atoms with E-state index in [1.165, 1.54) is 6.07 Å². The minimum Gasteiger partial charge on any atom is -0.475 e. The summed E-state index contributed by atoms with van der Waals surface area (Å²) in [6.45, 7) is 2.62. The van der Waals surface area contributed by atoms with Crippen LogP contribution in [0.5, 0.6) is 5.88 Å². The molecule has 0 amide bonds. The smallest absolute Gasteiger partial charge is 0.250 e. The van der Waals surface area contributed by atoms with E-state index in [4.69, 9.17) is 4.74 Å². The van der Waals surface area contributed by atoms with Gasteiger partial charge in [-0.2, -0.15) is 0 Å². The highest BCUT2D eigenvalue weighted by Crippen LogP contribution is 2.16. The highest BCUT2D eigenvalue weighted by Gasteiger charge is 2.14. The van der Waals surface area contributed by atoms with E-state index in [9.17, 15) is 4.39 Å². The lowest BCUT2D eigenvalue weighted by molar-refractivity contribution is 0.201. The summed E-state index contributed by atoms with van der Waals surface area (Å²) in [5.41, 5.74) is 0. The lowest BCUT2D eigenvalue weighted by Gasteiger charge is -2.22. The number of ether oxygens (including phenoxy) is 1. The van der Waals surface area contributed by atoms with Crippen LogP contribution in [-0.4, -0.2) is 24.7 Å². The van der Waals surface area contributed by atoms with Crippen molar-refractivity contribution in [2.24, 2.45) is 5.92 Å². The Labute approximate surface area is 88.7 Å². The Morgan fingerprint density at radius 2 is 2.27 bits per heavy atom. The van der Waals surface area contributed by atoms with Crippen molar-refractivity contribution in [3.05, 3.63) is 24.1 Å². The van der Waals surface area contributed by atoms with Crippen LogP contribution in [0.25, 0.3) is 0 Å². The van der Waals surface area contributed by atoms with Gasteiger partial charge in [-0.25, -0.2) is 9.37 Å². The maximum Gasteiger partial charge on any atom is 0.250 e. The van der Waals surface area contributed by atoms with Crippen LogP contribution >= 0.6 is 0 Å². The summed E-state index contributed by atoms with van der Waals surface area (Å²) in [6.07, 6.45) is 3.73. The molecule has 0 spiro atoms. The average Bonchev–Trinajstić information content (AvgIpc) is 2.29. The Hall–Kier alpha value is -1.16. The van der Waals surface area contributed by atoms with Crippen LogP contribution in [0.2, 0.25) is 0 Å². The molecule has 1 N–H and O–H groups in total. The quantitative estimate of drug-likeness (QED) is 0.822. The topological polar surface area (TPSA) is 34.1 Å². The van der Waals surface area contributed by atoms with Crippen LogP contribution < -0.4 is 10.1 Å². The van der Waals surface area contributed by atoms with Gasteiger partial charge in [-0.05, 0) is 44.0 Å². The van der Waals surface area contributed by atoms with Gasteiger partial charge in [0.05, 0.1) is 6.61 Å². The normalized spacial score (nSPS) is 17.7. The Bertz CT molecular complexity index is 313. The molecule has 15 heavy (non-hydrogen) atoms. The second-order valence-corrected chi connectivity index (χ2v) is 3.79. The van der Waals surface area contributed by atoms with E-state index in [0.717, 1.165) is 25.9 Å². The molecule has 0 saturated carbocycles. The fourth-order valence-electron chi connectivity index (χ4n) is 1.72. The third-order valence-electron chi connectivity index (χ3n) is 2.64. The Morgan fingerprint density at radius 3 is 3.00 bits per heavy atom. The molecule has 1 fully saturated rings. The molecular weight excluding hydrogens is 195 g/mol. The van der Waals surface area contributed by atoms with Crippen molar-refractivity contribution < 1.29 is 9.13 Å². The van der Waals surface area contributed by atoms with Crippen molar-refractivity contribution in [2.75, 3.05) is 19.7 Å². The van der Waals surface area contributed by atoms with Crippen LogP contribution in [0, 0.1) is 11.7 Å². The third-order valence-corrected chi connectivity index (χ3v) is 2.64. The van der Waals surface area contributed by atoms with Crippen LogP contribution in [0.3, 0.4) is 0 Å². The lowest BCUT2D eigenvalue weighted by Crippen LogP contribution is -2.30. The molecule has 1 aromatic heterocycles. The molecule has 4 heteroatoms. The molecule has 0 aromatic carbocycles. The minimum absolute atomic E-state index is 0.121. The second-order valence-electron chi connectivity index (χ2n) is 3.79. The number of hydrogen-bond acceptors (Lipinski definition) is 3. The largest absolute Gasteiger partial charge is 0.475 e. The second kappa shape index (κ2) is 5.07. The Balaban J connectivity index is 1.84. The van der Waals surface area contributed by atoms with Gasteiger partial charge in [-0.1, -0.05) is 0 Å². The van der Waals surface area contributed by atoms with Gasteiger partial charge in [0.1, 0.15) is 0 Å². The molecule has 2 heterocycles. The van der Waals surface area contributed by atoms with Crippen LogP contribution in [0.1, 0.15) is 12.8 Å². The van der Waals surface area contributed by atoms with Crippen molar-refractivity contribution in [3.8, 4) is 5.88 Å². The molecule has 1 aromatic rings. The minimum atomic E-state index is -0.383. The van der Waals surface area contributed by atoms with Gasteiger partial charge in [0, 0.05) is 6.20 Å². The number of piperidine rings is 1. The highest BCUT2D eigenvalue weighted by atomic mass is 19.1. The first-order chi connectivity index (χ1) is 7.36. The molecular formula is C11H15FN2O.